The zero-order valence-electron chi connectivity index (χ0n) is 17.0. The molecule has 2 N–H and O–H groups in total. The summed E-state index contributed by atoms with van der Waals surface area (Å²) in [7, 11) is 1.91. The monoisotopic (exact) mass is 414 g/mol. The Morgan fingerprint density at radius 1 is 1.16 bits per heavy atom. The quantitative estimate of drug-likeness (QED) is 0.356. The predicted octanol–water partition coefficient (Wildman–Crippen LogP) is 3.69. The van der Waals surface area contributed by atoms with E-state index in [1.807, 2.05) is 60.5 Å². The number of pyridine rings is 1. The number of aliphatic hydroxyl groups is 1. The molecule has 0 unspecified atom stereocenters. The molecule has 0 spiro atoms. The number of hydrazone groups is 1. The summed E-state index contributed by atoms with van der Waals surface area (Å²) in [5.74, 6) is 0.261. The van der Waals surface area contributed by atoms with Gasteiger partial charge in [0.2, 0.25) is 0 Å². The zero-order valence-corrected chi connectivity index (χ0v) is 17.0. The number of benzene rings is 2. The lowest BCUT2D eigenvalue weighted by Crippen LogP contribution is -2.21. The van der Waals surface area contributed by atoms with Gasteiger partial charge in [0.25, 0.3) is 5.91 Å². The maximum Gasteiger partial charge on any atom is 0.272 e. The molecule has 0 fully saturated rings. The average molecular weight is 414 g/mol. The number of fused-ring (bicyclic) bond motifs is 1. The number of nitrogens with one attached hydrogen (secondary N) is 1. The summed E-state index contributed by atoms with van der Waals surface area (Å²) in [4.78, 5) is 19.4. The number of amides is 1. The molecule has 31 heavy (non-hydrogen) atoms. The molecule has 7 nitrogen and oxygen atoms in total. The summed E-state index contributed by atoms with van der Waals surface area (Å²) in [5, 5.41) is 13.9. The second-order valence-corrected chi connectivity index (χ2v) is 6.99. The fourth-order valence-corrected chi connectivity index (χ4v) is 3.23. The molecule has 0 bridgehead atoms. The molecule has 4 aromatic rings. The highest BCUT2D eigenvalue weighted by atomic mass is 16.3. The number of anilines is 1. The van der Waals surface area contributed by atoms with Crippen LogP contribution < -0.4 is 10.3 Å². The summed E-state index contributed by atoms with van der Waals surface area (Å²) in [5.41, 5.74) is 6.19. The minimum Gasteiger partial charge on any atom is -0.463 e. The van der Waals surface area contributed by atoms with Crippen molar-refractivity contribution in [2.75, 3.05) is 25.1 Å². The van der Waals surface area contributed by atoms with Gasteiger partial charge in [0.15, 0.2) is 5.76 Å². The van der Waals surface area contributed by atoms with Gasteiger partial charge in [-0.25, -0.2) is 10.4 Å². The Kier molecular flexibility index (Phi) is 6.05. The van der Waals surface area contributed by atoms with Gasteiger partial charge >= 0.3 is 0 Å². The zero-order chi connectivity index (χ0) is 21.6. The van der Waals surface area contributed by atoms with Crippen molar-refractivity contribution in [2.24, 2.45) is 5.10 Å². The smallest absolute Gasteiger partial charge is 0.272 e. The minimum absolute atomic E-state index is 0.0943. The SMILES string of the molecule is CN(CCO)c1ccc(/C=N\NC(=O)c2cc(-c3ccco3)nc3ccccc23)cc1. The molecule has 2 aromatic carbocycles. The van der Waals surface area contributed by atoms with Crippen LogP contribution in [0.4, 0.5) is 5.69 Å². The number of carbonyl (C=O) groups is 1. The maximum absolute atomic E-state index is 12.9. The largest absolute Gasteiger partial charge is 0.463 e. The molecule has 0 aliphatic carbocycles. The first kappa shape index (κ1) is 20.3. The van der Waals surface area contributed by atoms with Crippen molar-refractivity contribution in [3.8, 4) is 11.5 Å². The summed E-state index contributed by atoms with van der Waals surface area (Å²) in [6, 6.07) is 20.4. The van der Waals surface area contributed by atoms with Crippen LogP contribution in [0.3, 0.4) is 0 Å². The summed E-state index contributed by atoms with van der Waals surface area (Å²) < 4.78 is 5.44. The fraction of sp³-hybridized carbons (Fsp3) is 0.125. The number of para-hydroxylation sites is 1. The Hall–Kier alpha value is -3.97. The van der Waals surface area contributed by atoms with E-state index in [0.717, 1.165) is 16.6 Å². The number of carbonyl (C=O) groups excluding carboxylic acids is 1. The molecule has 0 aliphatic heterocycles. The van der Waals surface area contributed by atoms with Crippen LogP contribution in [-0.2, 0) is 0 Å². The van der Waals surface area contributed by atoms with Crippen LogP contribution in [0.25, 0.3) is 22.4 Å². The van der Waals surface area contributed by atoms with E-state index in [-0.39, 0.29) is 12.5 Å². The van der Waals surface area contributed by atoms with Crippen molar-refractivity contribution in [1.29, 1.82) is 0 Å². The van der Waals surface area contributed by atoms with E-state index in [0.29, 0.717) is 29.1 Å². The summed E-state index contributed by atoms with van der Waals surface area (Å²) in [6.07, 6.45) is 3.16. The van der Waals surface area contributed by atoms with E-state index >= 15 is 0 Å². The van der Waals surface area contributed by atoms with Crippen LogP contribution in [0.5, 0.6) is 0 Å². The van der Waals surface area contributed by atoms with Gasteiger partial charge in [-0.2, -0.15) is 5.10 Å². The Labute approximate surface area is 179 Å². The van der Waals surface area contributed by atoms with Gasteiger partial charge in [-0.1, -0.05) is 30.3 Å². The lowest BCUT2D eigenvalue weighted by Gasteiger charge is -2.17. The molecule has 2 aromatic heterocycles. The lowest BCUT2D eigenvalue weighted by atomic mass is 10.1. The number of aliphatic hydroxyl groups excluding tert-OH is 1. The summed E-state index contributed by atoms with van der Waals surface area (Å²) >= 11 is 0. The van der Waals surface area contributed by atoms with Gasteiger partial charge in [-0.15, -0.1) is 0 Å². The van der Waals surface area contributed by atoms with Crippen LogP contribution in [-0.4, -0.2) is 42.4 Å². The third kappa shape index (κ3) is 4.62. The van der Waals surface area contributed by atoms with E-state index in [9.17, 15) is 4.79 Å². The summed E-state index contributed by atoms with van der Waals surface area (Å²) in [6.45, 7) is 0.653. The van der Waals surface area contributed by atoms with Crippen LogP contribution in [0.1, 0.15) is 15.9 Å². The third-order valence-electron chi connectivity index (χ3n) is 4.88. The van der Waals surface area contributed by atoms with Crippen molar-refractivity contribution < 1.29 is 14.3 Å². The van der Waals surface area contributed by atoms with E-state index in [1.54, 1.807) is 30.7 Å². The van der Waals surface area contributed by atoms with E-state index in [2.05, 4.69) is 15.5 Å². The number of rotatable bonds is 7. The van der Waals surface area contributed by atoms with Gasteiger partial charge in [-0.3, -0.25) is 4.79 Å². The van der Waals surface area contributed by atoms with Crippen LogP contribution in [0.2, 0.25) is 0 Å². The predicted molar refractivity (Wildman–Crippen MR) is 121 cm³/mol. The van der Waals surface area contributed by atoms with Crippen LogP contribution in [0.15, 0.2) is 82.5 Å². The minimum atomic E-state index is -0.332. The normalized spacial score (nSPS) is 11.2. The maximum atomic E-state index is 12.9. The van der Waals surface area contributed by atoms with Gasteiger partial charge in [0.05, 0.1) is 30.2 Å². The average Bonchev–Trinajstić information content (AvgIpc) is 3.34. The number of likely N-dealkylation sites (N-methyl/N-ethyl adjacent to an activating group) is 1. The van der Waals surface area contributed by atoms with Crippen molar-refractivity contribution in [3.05, 3.63) is 84.1 Å². The standard InChI is InChI=1S/C24H22N4O3/c1-28(12-13-29)18-10-8-17(9-11-18)16-25-27-24(30)20-15-22(23-7-4-14-31-23)26-21-6-3-2-5-19(20)21/h2-11,14-16,29H,12-13H2,1H3,(H,27,30)/b25-16-. The molecule has 0 radical (unpaired) electrons. The lowest BCUT2D eigenvalue weighted by molar-refractivity contribution is 0.0956. The highest BCUT2D eigenvalue weighted by Gasteiger charge is 2.14. The second kappa shape index (κ2) is 9.23. The molecule has 2 heterocycles. The third-order valence-corrected chi connectivity index (χ3v) is 4.88. The topological polar surface area (TPSA) is 91.0 Å². The Balaban J connectivity index is 1.53. The fourth-order valence-electron chi connectivity index (χ4n) is 3.23. The first-order chi connectivity index (χ1) is 15.2. The number of furan rings is 1. The molecule has 0 atom stereocenters. The first-order valence-electron chi connectivity index (χ1n) is 9.85. The molecule has 1 amide bonds. The molecule has 0 saturated carbocycles. The number of nitrogens with zero attached hydrogens (tertiary/aromatic N) is 3. The van der Waals surface area contributed by atoms with Crippen LogP contribution >= 0.6 is 0 Å². The first-order valence-corrected chi connectivity index (χ1v) is 9.85. The Bertz CT molecular complexity index is 1200. The van der Waals surface area contributed by atoms with Gasteiger partial charge in [0.1, 0.15) is 5.69 Å². The van der Waals surface area contributed by atoms with E-state index in [1.165, 1.54) is 0 Å². The van der Waals surface area contributed by atoms with Gasteiger partial charge < -0.3 is 14.4 Å². The number of aromatic nitrogens is 1. The molecular formula is C24H22N4O3. The van der Waals surface area contributed by atoms with Crippen LogP contribution in [0, 0.1) is 0 Å². The number of hydrogen-bond donors (Lipinski definition) is 2. The van der Waals surface area contributed by atoms with Crippen molar-refractivity contribution in [3.63, 3.8) is 0 Å². The van der Waals surface area contributed by atoms with E-state index in [4.69, 9.17) is 9.52 Å². The molecule has 0 aliphatic rings. The second-order valence-electron chi connectivity index (χ2n) is 6.99. The number of hydrogen-bond acceptors (Lipinski definition) is 6. The molecule has 7 heteroatoms. The van der Waals surface area contributed by atoms with E-state index < -0.39 is 0 Å². The highest BCUT2D eigenvalue weighted by Crippen LogP contribution is 2.25. The molecule has 4 rings (SSSR count). The highest BCUT2D eigenvalue weighted by molar-refractivity contribution is 6.07. The van der Waals surface area contributed by atoms with Crippen molar-refractivity contribution in [2.45, 2.75) is 0 Å². The van der Waals surface area contributed by atoms with Crippen molar-refractivity contribution >= 4 is 28.7 Å². The molecule has 156 valence electrons. The van der Waals surface area contributed by atoms with Gasteiger partial charge in [0, 0.05) is 24.7 Å². The van der Waals surface area contributed by atoms with Crippen molar-refractivity contribution in [1.82, 2.24) is 10.4 Å². The molecule has 0 saturated heterocycles. The molecular weight excluding hydrogens is 392 g/mol. The Morgan fingerprint density at radius 3 is 2.71 bits per heavy atom. The Morgan fingerprint density at radius 2 is 1.97 bits per heavy atom. The van der Waals surface area contributed by atoms with Gasteiger partial charge in [-0.05, 0) is 42.0 Å².